The fourth-order valence-corrected chi connectivity index (χ4v) is 3.68. The predicted octanol–water partition coefficient (Wildman–Crippen LogP) is 4.40. The van der Waals surface area contributed by atoms with Gasteiger partial charge in [-0.2, -0.15) is 8.78 Å². The Kier molecular flexibility index (Phi) is 7.12. The van der Waals surface area contributed by atoms with Gasteiger partial charge in [-0.05, 0) is 56.2 Å². The number of aryl methyl sites for hydroxylation is 1. The maximum Gasteiger partial charge on any atom is 0.350 e. The van der Waals surface area contributed by atoms with Gasteiger partial charge in [-0.25, -0.2) is 13.2 Å². The summed E-state index contributed by atoms with van der Waals surface area (Å²) in [5, 5.41) is -3.91. The highest BCUT2D eigenvalue weighted by Gasteiger charge is 2.45. The first-order valence-corrected chi connectivity index (χ1v) is 10.2. The lowest BCUT2D eigenvalue weighted by atomic mass is 10.1. The van der Waals surface area contributed by atoms with Gasteiger partial charge in [0.25, 0.3) is 0 Å². The van der Waals surface area contributed by atoms with Crippen molar-refractivity contribution in [3.8, 4) is 5.75 Å². The molecular formula is C20H22F2O5S. The lowest BCUT2D eigenvalue weighted by Crippen LogP contribution is -2.29. The van der Waals surface area contributed by atoms with E-state index >= 15 is 0 Å². The number of esters is 1. The molecule has 0 radical (unpaired) electrons. The van der Waals surface area contributed by atoms with E-state index in [1.807, 2.05) is 6.92 Å². The van der Waals surface area contributed by atoms with Crippen molar-refractivity contribution in [3.63, 3.8) is 0 Å². The molecule has 0 aliphatic carbocycles. The maximum absolute atomic E-state index is 14.2. The highest BCUT2D eigenvalue weighted by Crippen LogP contribution is 2.34. The van der Waals surface area contributed by atoms with Gasteiger partial charge in [0, 0.05) is 6.42 Å². The summed E-state index contributed by atoms with van der Waals surface area (Å²) in [6, 6.07) is 11.6. The van der Waals surface area contributed by atoms with Crippen molar-refractivity contribution in [1.29, 1.82) is 0 Å². The van der Waals surface area contributed by atoms with Crippen LogP contribution >= 0.6 is 0 Å². The van der Waals surface area contributed by atoms with Crippen LogP contribution in [0.15, 0.2) is 53.4 Å². The van der Waals surface area contributed by atoms with Crippen molar-refractivity contribution in [2.45, 2.75) is 36.3 Å². The minimum absolute atomic E-state index is 0.0641. The Morgan fingerprint density at radius 1 is 1.00 bits per heavy atom. The molecule has 0 aliphatic rings. The molecule has 0 amide bonds. The second-order valence-corrected chi connectivity index (χ2v) is 8.35. The Hall–Kier alpha value is -2.48. The maximum atomic E-state index is 14.2. The number of ether oxygens (including phenoxy) is 2. The van der Waals surface area contributed by atoms with E-state index in [0.717, 1.165) is 17.7 Å². The number of unbranched alkanes of at least 4 members (excludes halogenated alkanes) is 1. The normalized spacial score (nSPS) is 11.9. The number of halogens is 2. The molecule has 0 N–H and O–H groups in total. The summed E-state index contributed by atoms with van der Waals surface area (Å²) in [7, 11) is -3.42. The average molecular weight is 412 g/mol. The molecule has 0 heterocycles. The second-order valence-electron chi connectivity index (χ2n) is 6.28. The van der Waals surface area contributed by atoms with Gasteiger partial charge in [-0.15, -0.1) is 0 Å². The van der Waals surface area contributed by atoms with E-state index in [1.54, 1.807) is 24.3 Å². The first kappa shape index (κ1) is 21.8. The molecule has 0 aromatic heterocycles. The lowest BCUT2D eigenvalue weighted by molar-refractivity contribution is 0.0475. The van der Waals surface area contributed by atoms with Gasteiger partial charge in [0.1, 0.15) is 5.75 Å². The van der Waals surface area contributed by atoms with E-state index in [2.05, 4.69) is 0 Å². The number of carbonyl (C=O) groups is 1. The van der Waals surface area contributed by atoms with Crippen LogP contribution in [0.4, 0.5) is 8.78 Å². The van der Waals surface area contributed by atoms with E-state index in [9.17, 15) is 22.0 Å². The first-order valence-electron chi connectivity index (χ1n) is 8.68. The minimum atomic E-state index is -4.81. The molecule has 0 atom stereocenters. The minimum Gasteiger partial charge on any atom is -0.497 e. The van der Waals surface area contributed by atoms with Crippen molar-refractivity contribution in [2.75, 3.05) is 13.7 Å². The third-order valence-corrected chi connectivity index (χ3v) is 6.03. The summed E-state index contributed by atoms with van der Waals surface area (Å²) in [6.07, 6.45) is -0.835. The van der Waals surface area contributed by atoms with Crippen molar-refractivity contribution in [2.24, 2.45) is 0 Å². The number of alkyl halides is 2. The van der Waals surface area contributed by atoms with E-state index in [4.69, 9.17) is 9.47 Å². The summed E-state index contributed by atoms with van der Waals surface area (Å²) in [5.41, 5.74) is 1.37. The standard InChI is InChI=1S/C20H22F2O5S/c1-15-5-7-16(8-6-15)19(23)27-14-4-3-13-20(21,22)28(24,25)18-11-9-17(26-2)10-12-18/h5-12H,3-4,13-14H2,1-2H3. The van der Waals surface area contributed by atoms with Crippen LogP contribution in [-0.2, 0) is 14.6 Å². The molecule has 0 unspecified atom stereocenters. The zero-order chi connectivity index (χ0) is 20.8. The van der Waals surface area contributed by atoms with Gasteiger partial charge in [0.05, 0.1) is 24.2 Å². The molecule has 2 aromatic rings. The lowest BCUT2D eigenvalue weighted by Gasteiger charge is -2.17. The summed E-state index contributed by atoms with van der Waals surface area (Å²) < 4.78 is 62.7. The number of sulfone groups is 1. The molecule has 0 saturated heterocycles. The van der Waals surface area contributed by atoms with Crippen molar-refractivity contribution in [3.05, 3.63) is 59.7 Å². The largest absolute Gasteiger partial charge is 0.497 e. The first-order chi connectivity index (χ1) is 13.2. The Morgan fingerprint density at radius 3 is 2.18 bits per heavy atom. The Balaban J connectivity index is 1.85. The Bertz CT molecular complexity index is 891. The van der Waals surface area contributed by atoms with Crippen LogP contribution in [0.3, 0.4) is 0 Å². The van der Waals surface area contributed by atoms with Crippen LogP contribution in [0.2, 0.25) is 0 Å². The quantitative estimate of drug-likeness (QED) is 0.451. The Morgan fingerprint density at radius 2 is 1.61 bits per heavy atom. The van der Waals surface area contributed by atoms with Gasteiger partial charge < -0.3 is 9.47 Å². The smallest absolute Gasteiger partial charge is 0.350 e. The molecular weight excluding hydrogens is 390 g/mol. The molecule has 0 saturated carbocycles. The third-order valence-electron chi connectivity index (χ3n) is 4.15. The van der Waals surface area contributed by atoms with Gasteiger partial charge >= 0.3 is 11.2 Å². The van der Waals surface area contributed by atoms with E-state index in [-0.39, 0.29) is 19.4 Å². The van der Waals surface area contributed by atoms with Crippen LogP contribution in [0.5, 0.6) is 5.75 Å². The van der Waals surface area contributed by atoms with Gasteiger partial charge in [-0.3, -0.25) is 0 Å². The van der Waals surface area contributed by atoms with E-state index < -0.39 is 32.4 Å². The third kappa shape index (κ3) is 5.28. The molecule has 0 bridgehead atoms. The molecule has 0 spiro atoms. The van der Waals surface area contributed by atoms with Gasteiger partial charge in [-0.1, -0.05) is 17.7 Å². The summed E-state index contributed by atoms with van der Waals surface area (Å²) in [5.74, 6) is -0.171. The SMILES string of the molecule is COc1ccc(S(=O)(=O)C(F)(F)CCCCOC(=O)c2ccc(C)cc2)cc1. The number of methoxy groups -OCH3 is 1. The fourth-order valence-electron chi connectivity index (χ4n) is 2.43. The molecule has 0 fully saturated rings. The van der Waals surface area contributed by atoms with Crippen molar-refractivity contribution < 1.29 is 31.5 Å². The van der Waals surface area contributed by atoms with Crippen LogP contribution < -0.4 is 4.74 Å². The molecule has 0 aliphatic heterocycles. The zero-order valence-electron chi connectivity index (χ0n) is 15.7. The number of hydrogen-bond acceptors (Lipinski definition) is 5. The molecule has 8 heteroatoms. The van der Waals surface area contributed by atoms with Gasteiger partial charge in [0.15, 0.2) is 0 Å². The number of benzene rings is 2. The number of carbonyl (C=O) groups excluding carboxylic acids is 1. The fraction of sp³-hybridized carbons (Fsp3) is 0.350. The van der Waals surface area contributed by atoms with Gasteiger partial charge in [0.2, 0.25) is 9.84 Å². The average Bonchev–Trinajstić information content (AvgIpc) is 2.68. The van der Waals surface area contributed by atoms with Crippen LogP contribution in [0.25, 0.3) is 0 Å². The Labute approximate surface area is 163 Å². The summed E-state index contributed by atoms with van der Waals surface area (Å²) in [4.78, 5) is 11.4. The number of hydrogen-bond donors (Lipinski definition) is 0. The highest BCUT2D eigenvalue weighted by molar-refractivity contribution is 7.92. The van der Waals surface area contributed by atoms with Crippen molar-refractivity contribution >= 4 is 15.8 Å². The number of rotatable bonds is 9. The van der Waals surface area contributed by atoms with E-state index in [1.165, 1.54) is 19.2 Å². The topological polar surface area (TPSA) is 69.7 Å². The monoisotopic (exact) mass is 412 g/mol. The summed E-state index contributed by atoms with van der Waals surface area (Å²) in [6.45, 7) is 1.82. The molecule has 152 valence electrons. The second kappa shape index (κ2) is 9.14. The van der Waals surface area contributed by atoms with Crippen LogP contribution in [-0.4, -0.2) is 33.4 Å². The summed E-state index contributed by atoms with van der Waals surface area (Å²) >= 11 is 0. The van der Waals surface area contributed by atoms with Crippen molar-refractivity contribution in [1.82, 2.24) is 0 Å². The highest BCUT2D eigenvalue weighted by atomic mass is 32.2. The molecule has 28 heavy (non-hydrogen) atoms. The van der Waals surface area contributed by atoms with Crippen LogP contribution in [0.1, 0.15) is 35.2 Å². The molecule has 2 rings (SSSR count). The zero-order valence-corrected chi connectivity index (χ0v) is 16.5. The van der Waals surface area contributed by atoms with E-state index in [0.29, 0.717) is 11.3 Å². The molecule has 2 aromatic carbocycles. The molecule has 5 nitrogen and oxygen atoms in total. The predicted molar refractivity (Wildman–Crippen MR) is 100 cm³/mol. The van der Waals surface area contributed by atoms with Crippen LogP contribution in [0, 0.1) is 6.92 Å².